The Balaban J connectivity index is 1.85. The van der Waals surface area contributed by atoms with E-state index in [-0.39, 0.29) is 0 Å². The molecule has 3 aromatic rings. The molecule has 0 radical (unpaired) electrons. The van der Waals surface area contributed by atoms with Gasteiger partial charge in [0.1, 0.15) is 0 Å². The molecule has 3 rings (SSSR count). The standard InChI is InChI=1S/C18H21N3/c1-13-8-11-16-17(12-13)21(18(19)20-16)14(2)9-10-15-6-4-3-5-7-15/h3-8,11-12,14H,9-10H2,1-2H3,(H2,19,20). The minimum absolute atomic E-state index is 0.331. The van der Waals surface area contributed by atoms with E-state index in [0.29, 0.717) is 12.0 Å². The lowest BCUT2D eigenvalue weighted by Crippen LogP contribution is -2.10. The Hall–Kier alpha value is -2.29. The van der Waals surface area contributed by atoms with Gasteiger partial charge in [-0.05, 0) is 49.9 Å². The minimum atomic E-state index is 0.331. The fourth-order valence-corrected chi connectivity index (χ4v) is 2.83. The summed E-state index contributed by atoms with van der Waals surface area (Å²) in [6.45, 7) is 4.31. The Morgan fingerprint density at radius 1 is 1.14 bits per heavy atom. The van der Waals surface area contributed by atoms with Gasteiger partial charge in [0.2, 0.25) is 5.95 Å². The maximum atomic E-state index is 6.13. The molecule has 0 amide bonds. The predicted octanol–water partition coefficient (Wildman–Crippen LogP) is 4.12. The number of nitrogen functional groups attached to an aromatic ring is 1. The molecule has 21 heavy (non-hydrogen) atoms. The molecule has 1 heterocycles. The van der Waals surface area contributed by atoms with Crippen LogP contribution in [0.2, 0.25) is 0 Å². The number of aromatic nitrogens is 2. The van der Waals surface area contributed by atoms with E-state index in [1.54, 1.807) is 0 Å². The van der Waals surface area contributed by atoms with E-state index < -0.39 is 0 Å². The van der Waals surface area contributed by atoms with E-state index >= 15 is 0 Å². The molecule has 0 aliphatic rings. The van der Waals surface area contributed by atoms with Crippen LogP contribution in [0.25, 0.3) is 11.0 Å². The molecule has 0 aliphatic carbocycles. The summed E-state index contributed by atoms with van der Waals surface area (Å²) >= 11 is 0. The highest BCUT2D eigenvalue weighted by Crippen LogP contribution is 2.26. The molecule has 1 atom stereocenters. The molecule has 1 unspecified atom stereocenters. The molecule has 0 spiro atoms. The number of nitrogens with zero attached hydrogens (tertiary/aromatic N) is 2. The van der Waals surface area contributed by atoms with E-state index in [9.17, 15) is 0 Å². The summed E-state index contributed by atoms with van der Waals surface area (Å²) in [5, 5.41) is 0. The fourth-order valence-electron chi connectivity index (χ4n) is 2.83. The molecular formula is C18H21N3. The number of anilines is 1. The smallest absolute Gasteiger partial charge is 0.201 e. The molecule has 2 aromatic carbocycles. The molecule has 0 bridgehead atoms. The second-order valence-electron chi connectivity index (χ2n) is 5.71. The van der Waals surface area contributed by atoms with Gasteiger partial charge in [-0.1, -0.05) is 36.4 Å². The molecule has 108 valence electrons. The molecule has 3 heteroatoms. The van der Waals surface area contributed by atoms with Gasteiger partial charge in [-0.2, -0.15) is 0 Å². The number of imidazole rings is 1. The largest absolute Gasteiger partial charge is 0.369 e. The van der Waals surface area contributed by atoms with Crippen LogP contribution in [0.4, 0.5) is 5.95 Å². The van der Waals surface area contributed by atoms with Crippen LogP contribution in [0.1, 0.15) is 30.5 Å². The monoisotopic (exact) mass is 279 g/mol. The second-order valence-corrected chi connectivity index (χ2v) is 5.71. The van der Waals surface area contributed by atoms with E-state index in [1.807, 2.05) is 6.07 Å². The van der Waals surface area contributed by atoms with Crippen molar-refractivity contribution in [3.05, 3.63) is 59.7 Å². The Bertz CT molecular complexity index is 744. The van der Waals surface area contributed by atoms with Crippen LogP contribution < -0.4 is 5.73 Å². The number of hydrogen-bond acceptors (Lipinski definition) is 2. The van der Waals surface area contributed by atoms with Crippen molar-refractivity contribution in [2.75, 3.05) is 5.73 Å². The average Bonchev–Trinajstić information content (AvgIpc) is 2.81. The van der Waals surface area contributed by atoms with Gasteiger partial charge in [0.25, 0.3) is 0 Å². The van der Waals surface area contributed by atoms with Gasteiger partial charge < -0.3 is 10.3 Å². The van der Waals surface area contributed by atoms with Crippen molar-refractivity contribution in [1.82, 2.24) is 9.55 Å². The van der Waals surface area contributed by atoms with Gasteiger partial charge in [0.05, 0.1) is 11.0 Å². The van der Waals surface area contributed by atoms with Crippen LogP contribution in [0.15, 0.2) is 48.5 Å². The third-order valence-electron chi connectivity index (χ3n) is 4.01. The van der Waals surface area contributed by atoms with Crippen LogP contribution in [0, 0.1) is 6.92 Å². The lowest BCUT2D eigenvalue weighted by Gasteiger charge is -2.16. The van der Waals surface area contributed by atoms with Crippen LogP contribution in [-0.2, 0) is 6.42 Å². The van der Waals surface area contributed by atoms with Gasteiger partial charge >= 0.3 is 0 Å². The lowest BCUT2D eigenvalue weighted by atomic mass is 10.1. The number of nitrogens with two attached hydrogens (primary N) is 1. The summed E-state index contributed by atoms with van der Waals surface area (Å²) in [7, 11) is 0. The van der Waals surface area contributed by atoms with Crippen molar-refractivity contribution in [3.8, 4) is 0 Å². The minimum Gasteiger partial charge on any atom is -0.369 e. The zero-order chi connectivity index (χ0) is 14.8. The Kier molecular flexibility index (Phi) is 3.65. The van der Waals surface area contributed by atoms with E-state index in [0.717, 1.165) is 23.9 Å². The van der Waals surface area contributed by atoms with Crippen LogP contribution in [-0.4, -0.2) is 9.55 Å². The highest BCUT2D eigenvalue weighted by molar-refractivity contribution is 5.79. The molecule has 0 saturated carbocycles. The third kappa shape index (κ3) is 2.77. The second kappa shape index (κ2) is 5.60. The summed E-state index contributed by atoms with van der Waals surface area (Å²) in [5.41, 5.74) is 10.8. The van der Waals surface area contributed by atoms with Crippen molar-refractivity contribution in [2.24, 2.45) is 0 Å². The summed E-state index contributed by atoms with van der Waals surface area (Å²) in [6.07, 6.45) is 2.10. The van der Waals surface area contributed by atoms with E-state index in [4.69, 9.17) is 5.73 Å². The summed E-state index contributed by atoms with van der Waals surface area (Å²) < 4.78 is 2.16. The Labute approximate surface area is 125 Å². The highest BCUT2D eigenvalue weighted by atomic mass is 15.2. The van der Waals surface area contributed by atoms with Crippen molar-refractivity contribution in [2.45, 2.75) is 32.7 Å². The first-order valence-electron chi connectivity index (χ1n) is 7.43. The predicted molar refractivity (Wildman–Crippen MR) is 88.4 cm³/mol. The van der Waals surface area contributed by atoms with Crippen LogP contribution >= 0.6 is 0 Å². The maximum absolute atomic E-state index is 6.13. The van der Waals surface area contributed by atoms with E-state index in [1.165, 1.54) is 11.1 Å². The number of benzene rings is 2. The lowest BCUT2D eigenvalue weighted by molar-refractivity contribution is 0.525. The number of hydrogen-bond donors (Lipinski definition) is 1. The van der Waals surface area contributed by atoms with Crippen molar-refractivity contribution in [1.29, 1.82) is 0 Å². The Morgan fingerprint density at radius 2 is 1.90 bits per heavy atom. The average molecular weight is 279 g/mol. The van der Waals surface area contributed by atoms with E-state index in [2.05, 4.69) is 65.9 Å². The fraction of sp³-hybridized carbons (Fsp3) is 0.278. The highest BCUT2D eigenvalue weighted by Gasteiger charge is 2.14. The quantitative estimate of drug-likeness (QED) is 0.780. The summed E-state index contributed by atoms with van der Waals surface area (Å²) in [6, 6.07) is 17.2. The van der Waals surface area contributed by atoms with Crippen molar-refractivity contribution >= 4 is 17.0 Å². The van der Waals surface area contributed by atoms with Gasteiger partial charge in [0, 0.05) is 6.04 Å². The molecule has 0 aliphatic heterocycles. The molecule has 0 saturated heterocycles. The maximum Gasteiger partial charge on any atom is 0.201 e. The van der Waals surface area contributed by atoms with Crippen LogP contribution in [0.3, 0.4) is 0 Å². The summed E-state index contributed by atoms with van der Waals surface area (Å²) in [5.74, 6) is 0.608. The molecule has 0 fully saturated rings. The van der Waals surface area contributed by atoms with Crippen LogP contribution in [0.5, 0.6) is 0 Å². The summed E-state index contributed by atoms with van der Waals surface area (Å²) in [4.78, 5) is 4.47. The van der Waals surface area contributed by atoms with Crippen molar-refractivity contribution < 1.29 is 0 Å². The van der Waals surface area contributed by atoms with Gasteiger partial charge in [-0.15, -0.1) is 0 Å². The third-order valence-corrected chi connectivity index (χ3v) is 4.01. The molecule has 1 aromatic heterocycles. The van der Waals surface area contributed by atoms with Gasteiger partial charge in [-0.3, -0.25) is 0 Å². The first-order chi connectivity index (χ1) is 10.1. The zero-order valence-electron chi connectivity index (χ0n) is 12.6. The first kappa shape index (κ1) is 13.7. The van der Waals surface area contributed by atoms with Gasteiger partial charge in [0.15, 0.2) is 0 Å². The number of fused-ring (bicyclic) bond motifs is 1. The molecule has 2 N–H and O–H groups in total. The topological polar surface area (TPSA) is 43.8 Å². The number of aryl methyl sites for hydroxylation is 2. The first-order valence-corrected chi connectivity index (χ1v) is 7.43. The normalized spacial score (nSPS) is 12.7. The number of rotatable bonds is 4. The molecule has 3 nitrogen and oxygen atoms in total. The SMILES string of the molecule is Cc1ccc2nc(N)n(C(C)CCc3ccccc3)c2c1. The van der Waals surface area contributed by atoms with Gasteiger partial charge in [-0.25, -0.2) is 4.98 Å². The Morgan fingerprint density at radius 3 is 2.67 bits per heavy atom. The zero-order valence-corrected chi connectivity index (χ0v) is 12.6. The van der Waals surface area contributed by atoms with Crippen molar-refractivity contribution in [3.63, 3.8) is 0 Å². The molecular weight excluding hydrogens is 258 g/mol.